The lowest BCUT2D eigenvalue weighted by Gasteiger charge is -2.56. The van der Waals surface area contributed by atoms with Crippen LogP contribution in [0.25, 0.3) is 10.9 Å². The van der Waals surface area contributed by atoms with Gasteiger partial charge in [-0.2, -0.15) is 0 Å². The van der Waals surface area contributed by atoms with Crippen LogP contribution in [0.15, 0.2) is 18.2 Å². The van der Waals surface area contributed by atoms with E-state index >= 15 is 0 Å². The number of aliphatic hydroxyl groups is 1. The van der Waals surface area contributed by atoms with Gasteiger partial charge in [-0.15, -0.1) is 0 Å². The van der Waals surface area contributed by atoms with Crippen LogP contribution in [0.3, 0.4) is 0 Å². The molecule has 1 atom stereocenters. The van der Waals surface area contributed by atoms with Gasteiger partial charge in [-0.1, -0.05) is 6.92 Å². The van der Waals surface area contributed by atoms with Crippen LogP contribution in [-0.2, 0) is 10.2 Å². The number of aliphatic hydroxyl groups excluding tert-OH is 1. The molecule has 2 N–H and O–H groups in total. The molecule has 6 heteroatoms. The topological polar surface area (TPSA) is 68.8 Å². The van der Waals surface area contributed by atoms with Crippen molar-refractivity contribution in [3.63, 3.8) is 0 Å². The Bertz CT molecular complexity index is 927. The van der Waals surface area contributed by atoms with Crippen molar-refractivity contribution in [2.45, 2.75) is 44.1 Å². The van der Waals surface area contributed by atoms with Crippen LogP contribution in [-0.4, -0.2) is 65.7 Å². The first-order valence-corrected chi connectivity index (χ1v) is 10.9. The number of ether oxygens (including phenoxy) is 1. The third-order valence-electron chi connectivity index (χ3n) is 7.01. The zero-order valence-electron chi connectivity index (χ0n) is 17.4. The van der Waals surface area contributed by atoms with Gasteiger partial charge >= 0.3 is 0 Å². The van der Waals surface area contributed by atoms with Gasteiger partial charge < -0.3 is 19.7 Å². The van der Waals surface area contributed by atoms with Gasteiger partial charge in [0.25, 0.3) is 0 Å². The van der Waals surface area contributed by atoms with Gasteiger partial charge in [0.15, 0.2) is 0 Å². The number of nitrogens with one attached hydrogen (secondary N) is 1. The molecule has 1 saturated heterocycles. The van der Waals surface area contributed by atoms with Crippen molar-refractivity contribution in [3.8, 4) is 5.75 Å². The first kappa shape index (κ1) is 18.9. The zero-order valence-corrected chi connectivity index (χ0v) is 17.4. The lowest BCUT2D eigenvalue weighted by molar-refractivity contribution is -0.140. The number of carbonyl (C=O) groups is 1. The Balaban J connectivity index is 1.57. The van der Waals surface area contributed by atoms with Gasteiger partial charge in [-0.3, -0.25) is 9.69 Å². The second-order valence-corrected chi connectivity index (χ2v) is 9.18. The molecule has 0 radical (unpaired) electrons. The number of carbonyl (C=O) groups excluding carboxylic acids is 1. The van der Waals surface area contributed by atoms with Crippen LogP contribution in [0.1, 0.15) is 49.9 Å². The fourth-order valence-electron chi connectivity index (χ4n) is 5.43. The summed E-state index contributed by atoms with van der Waals surface area (Å²) < 4.78 is 5.42. The average molecular weight is 398 g/mol. The highest BCUT2D eigenvalue weighted by Crippen LogP contribution is 2.49. The van der Waals surface area contributed by atoms with Crippen LogP contribution in [0.5, 0.6) is 5.75 Å². The van der Waals surface area contributed by atoms with Gasteiger partial charge in [0.05, 0.1) is 19.8 Å². The van der Waals surface area contributed by atoms with E-state index in [1.54, 1.807) is 7.11 Å². The maximum Gasteiger partial charge on any atom is 0.222 e. The summed E-state index contributed by atoms with van der Waals surface area (Å²) >= 11 is 0. The summed E-state index contributed by atoms with van der Waals surface area (Å²) in [6, 6.07) is 6.18. The predicted octanol–water partition coefficient (Wildman–Crippen LogP) is 2.82. The van der Waals surface area contributed by atoms with E-state index in [1.807, 2.05) is 17.0 Å². The van der Waals surface area contributed by atoms with Gasteiger partial charge in [0.1, 0.15) is 5.75 Å². The average Bonchev–Trinajstić information content (AvgIpc) is 3.42. The Hall–Kier alpha value is -2.05. The number of aromatic amines is 1. The van der Waals surface area contributed by atoms with E-state index in [9.17, 15) is 9.90 Å². The Morgan fingerprint density at radius 3 is 2.76 bits per heavy atom. The summed E-state index contributed by atoms with van der Waals surface area (Å²) in [5.74, 6) is 1.85. The molecule has 1 aliphatic carbocycles. The third kappa shape index (κ3) is 3.04. The molecule has 2 aromatic rings. The van der Waals surface area contributed by atoms with Crippen molar-refractivity contribution >= 4 is 16.8 Å². The van der Waals surface area contributed by atoms with Gasteiger partial charge in [-0.25, -0.2) is 0 Å². The number of H-pyrrole nitrogens is 1. The molecule has 1 aromatic heterocycles. The normalized spacial score (nSPS) is 23.3. The Kier molecular flexibility index (Phi) is 4.59. The summed E-state index contributed by atoms with van der Waals surface area (Å²) in [7, 11) is 1.68. The summed E-state index contributed by atoms with van der Waals surface area (Å²) in [6.07, 6.45) is 4.10. The van der Waals surface area contributed by atoms with Crippen LogP contribution < -0.4 is 4.74 Å². The third-order valence-corrected chi connectivity index (χ3v) is 7.01. The molecular formula is C23H31N3O3. The first-order valence-electron chi connectivity index (χ1n) is 10.9. The molecule has 3 aliphatic rings. The van der Waals surface area contributed by atoms with E-state index in [1.165, 1.54) is 23.8 Å². The monoisotopic (exact) mass is 397 g/mol. The molecule has 1 saturated carbocycles. The SMILES string of the molecule is CCCC(=O)N1CC2(C1)CN(CC1CC1)[C@@H](CO)c1[nH]c3cc(OC)ccc3c12. The standard InChI is InChI=1S/C23H31N3O3/c1-3-4-20(28)26-13-23(14-26)12-25(10-15-5-6-15)19(11-27)22-21(23)17-8-7-16(29-2)9-18(17)24-22/h7-9,15,19,24,27H,3-6,10-14H2,1-2H3/t19-/m0/s1. The van der Waals surface area contributed by atoms with Crippen molar-refractivity contribution < 1.29 is 14.6 Å². The van der Waals surface area contributed by atoms with Crippen LogP contribution in [0, 0.1) is 5.92 Å². The van der Waals surface area contributed by atoms with E-state index in [0.29, 0.717) is 6.42 Å². The number of amides is 1. The summed E-state index contributed by atoms with van der Waals surface area (Å²) in [6.45, 7) is 5.67. The molecule has 29 heavy (non-hydrogen) atoms. The van der Waals surface area contributed by atoms with E-state index in [2.05, 4.69) is 22.9 Å². The molecule has 5 rings (SSSR count). The number of hydrogen-bond acceptors (Lipinski definition) is 4. The van der Waals surface area contributed by atoms with E-state index in [0.717, 1.165) is 55.5 Å². The number of likely N-dealkylation sites (tertiary alicyclic amines) is 1. The quantitative estimate of drug-likeness (QED) is 0.787. The number of hydrogen-bond donors (Lipinski definition) is 2. The summed E-state index contributed by atoms with van der Waals surface area (Å²) in [4.78, 5) is 20.6. The highest BCUT2D eigenvalue weighted by atomic mass is 16.5. The van der Waals surface area contributed by atoms with Crippen molar-refractivity contribution in [2.75, 3.05) is 39.9 Å². The minimum Gasteiger partial charge on any atom is -0.497 e. The molecule has 3 heterocycles. The minimum absolute atomic E-state index is 0.00462. The highest BCUT2D eigenvalue weighted by Gasteiger charge is 2.54. The Labute approximate surface area is 171 Å². The second kappa shape index (κ2) is 7.03. The Morgan fingerprint density at radius 1 is 1.31 bits per heavy atom. The van der Waals surface area contributed by atoms with E-state index in [-0.39, 0.29) is 24.0 Å². The van der Waals surface area contributed by atoms with Crippen LogP contribution >= 0.6 is 0 Å². The van der Waals surface area contributed by atoms with Crippen molar-refractivity contribution in [1.29, 1.82) is 0 Å². The maximum atomic E-state index is 12.5. The highest BCUT2D eigenvalue weighted by molar-refractivity contribution is 5.89. The molecule has 156 valence electrons. The molecular weight excluding hydrogens is 366 g/mol. The summed E-state index contributed by atoms with van der Waals surface area (Å²) in [5.41, 5.74) is 3.44. The van der Waals surface area contributed by atoms with Gasteiger partial charge in [-0.05, 0) is 42.9 Å². The van der Waals surface area contributed by atoms with Crippen molar-refractivity contribution in [3.05, 3.63) is 29.5 Å². The number of nitrogens with zero attached hydrogens (tertiary/aromatic N) is 2. The molecule has 6 nitrogen and oxygen atoms in total. The fourth-order valence-corrected chi connectivity index (χ4v) is 5.43. The minimum atomic E-state index is -0.0495. The molecule has 0 unspecified atom stereocenters. The zero-order chi connectivity index (χ0) is 20.2. The second-order valence-electron chi connectivity index (χ2n) is 9.18. The number of rotatable bonds is 6. The predicted molar refractivity (Wildman–Crippen MR) is 112 cm³/mol. The van der Waals surface area contributed by atoms with Crippen LogP contribution in [0.4, 0.5) is 0 Å². The van der Waals surface area contributed by atoms with Gasteiger partial charge in [0.2, 0.25) is 5.91 Å². The lowest BCUT2D eigenvalue weighted by Crippen LogP contribution is -2.67. The molecule has 1 spiro atoms. The first-order chi connectivity index (χ1) is 14.1. The summed E-state index contributed by atoms with van der Waals surface area (Å²) in [5, 5.41) is 11.5. The molecule has 1 aromatic carbocycles. The largest absolute Gasteiger partial charge is 0.497 e. The lowest BCUT2D eigenvalue weighted by atomic mass is 9.68. The van der Waals surface area contributed by atoms with E-state index in [4.69, 9.17) is 4.74 Å². The number of benzene rings is 1. The number of fused-ring (bicyclic) bond motifs is 4. The number of methoxy groups -OCH3 is 1. The molecule has 2 fully saturated rings. The number of aromatic nitrogens is 1. The van der Waals surface area contributed by atoms with Crippen molar-refractivity contribution in [2.24, 2.45) is 5.92 Å². The fraction of sp³-hybridized carbons (Fsp3) is 0.609. The molecule has 2 aliphatic heterocycles. The van der Waals surface area contributed by atoms with Crippen molar-refractivity contribution in [1.82, 2.24) is 14.8 Å². The molecule has 1 amide bonds. The maximum absolute atomic E-state index is 12.5. The van der Waals surface area contributed by atoms with Crippen LogP contribution in [0.2, 0.25) is 0 Å². The smallest absolute Gasteiger partial charge is 0.222 e. The van der Waals surface area contributed by atoms with Gasteiger partial charge in [0, 0.05) is 60.7 Å². The van der Waals surface area contributed by atoms with E-state index < -0.39 is 0 Å². The molecule has 0 bridgehead atoms. The Morgan fingerprint density at radius 2 is 2.10 bits per heavy atom.